The Morgan fingerprint density at radius 2 is 1.90 bits per heavy atom. The first-order valence-electron chi connectivity index (χ1n) is 7.26. The number of likely N-dealkylation sites (tertiary alicyclic amines) is 1. The van der Waals surface area contributed by atoms with E-state index in [0.717, 1.165) is 25.9 Å². The molecule has 0 aromatic carbocycles. The smallest absolute Gasteiger partial charge is 0.252 e. The monoisotopic (exact) mass is 291 g/mol. The van der Waals surface area contributed by atoms with E-state index >= 15 is 0 Å². The minimum atomic E-state index is -0.274. The Labute approximate surface area is 123 Å². The quantitative estimate of drug-likeness (QED) is 0.883. The van der Waals surface area contributed by atoms with Crippen LogP contribution < -0.4 is 10.9 Å². The molecule has 2 rings (SSSR count). The van der Waals surface area contributed by atoms with Crippen molar-refractivity contribution in [2.75, 3.05) is 13.1 Å². The molecular weight excluding hydrogens is 270 g/mol. The second-order valence-corrected chi connectivity index (χ2v) is 5.60. The fourth-order valence-corrected chi connectivity index (χ4v) is 2.35. The summed E-state index contributed by atoms with van der Waals surface area (Å²) in [4.78, 5) is 37.6. The van der Waals surface area contributed by atoms with E-state index in [1.807, 2.05) is 13.8 Å². The van der Waals surface area contributed by atoms with E-state index in [2.05, 4.69) is 5.32 Å². The number of amides is 2. The van der Waals surface area contributed by atoms with E-state index in [-0.39, 0.29) is 30.0 Å². The van der Waals surface area contributed by atoms with Gasteiger partial charge >= 0.3 is 0 Å². The van der Waals surface area contributed by atoms with Crippen LogP contribution in [0.4, 0.5) is 0 Å². The minimum Gasteiger partial charge on any atom is -0.350 e. The minimum absolute atomic E-state index is 0.0123. The third-order valence-corrected chi connectivity index (χ3v) is 3.43. The number of pyridine rings is 1. The van der Waals surface area contributed by atoms with Gasteiger partial charge in [0.05, 0.1) is 5.56 Å². The van der Waals surface area contributed by atoms with Gasteiger partial charge in [0.1, 0.15) is 6.54 Å². The van der Waals surface area contributed by atoms with E-state index < -0.39 is 0 Å². The van der Waals surface area contributed by atoms with E-state index in [9.17, 15) is 14.4 Å². The summed E-state index contributed by atoms with van der Waals surface area (Å²) in [6.45, 7) is 5.22. The van der Waals surface area contributed by atoms with Crippen molar-refractivity contribution < 1.29 is 9.59 Å². The molecule has 1 aromatic heterocycles. The first kappa shape index (κ1) is 15.3. The molecule has 0 saturated carbocycles. The highest BCUT2D eigenvalue weighted by Gasteiger charge is 2.19. The van der Waals surface area contributed by atoms with Crippen molar-refractivity contribution >= 4 is 11.8 Å². The number of hydrogen-bond acceptors (Lipinski definition) is 3. The number of hydrogen-bond donors (Lipinski definition) is 1. The summed E-state index contributed by atoms with van der Waals surface area (Å²) in [6, 6.07) is 2.83. The maximum Gasteiger partial charge on any atom is 0.252 e. The van der Waals surface area contributed by atoms with E-state index in [0.29, 0.717) is 5.56 Å². The van der Waals surface area contributed by atoms with Crippen LogP contribution in [0.3, 0.4) is 0 Å². The molecule has 0 aliphatic carbocycles. The van der Waals surface area contributed by atoms with Crippen LogP contribution in [-0.4, -0.2) is 40.4 Å². The Kier molecular flexibility index (Phi) is 4.77. The highest BCUT2D eigenvalue weighted by Crippen LogP contribution is 2.08. The molecule has 6 nitrogen and oxygen atoms in total. The Morgan fingerprint density at radius 3 is 2.52 bits per heavy atom. The Balaban J connectivity index is 2.13. The van der Waals surface area contributed by atoms with Crippen LogP contribution in [0.1, 0.15) is 37.0 Å². The summed E-state index contributed by atoms with van der Waals surface area (Å²) in [7, 11) is 0. The number of aromatic nitrogens is 1. The van der Waals surface area contributed by atoms with Gasteiger partial charge in [0.25, 0.3) is 11.5 Å². The van der Waals surface area contributed by atoms with Crippen molar-refractivity contribution in [1.29, 1.82) is 0 Å². The van der Waals surface area contributed by atoms with Crippen LogP contribution in [0.25, 0.3) is 0 Å². The van der Waals surface area contributed by atoms with Gasteiger partial charge in [0.15, 0.2) is 0 Å². The van der Waals surface area contributed by atoms with Gasteiger partial charge in [-0.2, -0.15) is 0 Å². The van der Waals surface area contributed by atoms with Gasteiger partial charge < -0.3 is 14.8 Å². The molecular formula is C15H21N3O3. The number of nitrogens with zero attached hydrogens (tertiary/aromatic N) is 2. The van der Waals surface area contributed by atoms with E-state index in [1.165, 1.54) is 22.9 Å². The number of carbonyl (C=O) groups is 2. The molecule has 2 amide bonds. The Bertz CT molecular complexity index is 586. The molecule has 0 spiro atoms. The average Bonchev–Trinajstić information content (AvgIpc) is 2.94. The predicted molar refractivity (Wildman–Crippen MR) is 79.1 cm³/mol. The zero-order valence-corrected chi connectivity index (χ0v) is 12.5. The van der Waals surface area contributed by atoms with Crippen LogP contribution in [0.2, 0.25) is 0 Å². The average molecular weight is 291 g/mol. The van der Waals surface area contributed by atoms with Gasteiger partial charge in [0, 0.05) is 31.4 Å². The number of nitrogens with one attached hydrogen (secondary N) is 1. The Morgan fingerprint density at radius 1 is 1.24 bits per heavy atom. The lowest BCUT2D eigenvalue weighted by Gasteiger charge is -2.16. The highest BCUT2D eigenvalue weighted by molar-refractivity contribution is 5.94. The first-order valence-corrected chi connectivity index (χ1v) is 7.26. The first-order chi connectivity index (χ1) is 9.97. The summed E-state index contributed by atoms with van der Waals surface area (Å²) >= 11 is 0. The van der Waals surface area contributed by atoms with Crippen LogP contribution in [0, 0.1) is 0 Å². The molecule has 1 saturated heterocycles. The zero-order chi connectivity index (χ0) is 15.4. The lowest BCUT2D eigenvalue weighted by Crippen LogP contribution is -2.35. The van der Waals surface area contributed by atoms with Gasteiger partial charge in [0.2, 0.25) is 5.91 Å². The standard InChI is InChI=1S/C15H21N3O3/c1-11(2)16-15(21)12-5-6-13(19)18(9-12)10-14(20)17-7-3-4-8-17/h5-6,9,11H,3-4,7-8,10H2,1-2H3,(H,16,21). The number of rotatable bonds is 4. The van der Waals surface area contributed by atoms with E-state index in [4.69, 9.17) is 0 Å². The molecule has 0 bridgehead atoms. The molecule has 0 unspecified atom stereocenters. The molecule has 1 aliphatic rings. The second-order valence-electron chi connectivity index (χ2n) is 5.60. The van der Waals surface area contributed by atoms with Gasteiger partial charge in [-0.3, -0.25) is 14.4 Å². The van der Waals surface area contributed by atoms with Gasteiger partial charge in [-0.15, -0.1) is 0 Å². The predicted octanol–water partition coefficient (Wildman–Crippen LogP) is 0.609. The van der Waals surface area contributed by atoms with Crippen LogP contribution in [0.5, 0.6) is 0 Å². The molecule has 1 N–H and O–H groups in total. The van der Waals surface area contributed by atoms with E-state index in [1.54, 1.807) is 4.90 Å². The molecule has 0 atom stereocenters. The van der Waals surface area contributed by atoms with Crippen molar-refractivity contribution in [3.8, 4) is 0 Å². The van der Waals surface area contributed by atoms with Crippen LogP contribution >= 0.6 is 0 Å². The molecule has 1 aromatic rings. The molecule has 2 heterocycles. The summed E-state index contributed by atoms with van der Waals surface area (Å²) in [5, 5.41) is 2.76. The Hall–Kier alpha value is -2.11. The number of carbonyl (C=O) groups excluding carboxylic acids is 2. The molecule has 21 heavy (non-hydrogen) atoms. The largest absolute Gasteiger partial charge is 0.350 e. The summed E-state index contributed by atoms with van der Waals surface area (Å²) < 4.78 is 1.30. The van der Waals surface area contributed by atoms with Crippen LogP contribution in [0.15, 0.2) is 23.1 Å². The van der Waals surface area contributed by atoms with Gasteiger partial charge in [-0.1, -0.05) is 0 Å². The normalized spacial score (nSPS) is 14.5. The molecule has 0 radical (unpaired) electrons. The molecule has 114 valence electrons. The van der Waals surface area contributed by atoms with Gasteiger partial charge in [-0.05, 0) is 32.8 Å². The van der Waals surface area contributed by atoms with Gasteiger partial charge in [-0.25, -0.2) is 0 Å². The lowest BCUT2D eigenvalue weighted by atomic mass is 10.2. The summed E-state index contributed by atoms with van der Waals surface area (Å²) in [5.41, 5.74) is 0.112. The molecule has 6 heteroatoms. The van der Waals surface area contributed by atoms with Crippen molar-refractivity contribution in [3.05, 3.63) is 34.2 Å². The maximum absolute atomic E-state index is 12.1. The topological polar surface area (TPSA) is 71.4 Å². The van der Waals surface area contributed by atoms with Crippen molar-refractivity contribution in [2.45, 2.75) is 39.3 Å². The fourth-order valence-electron chi connectivity index (χ4n) is 2.35. The third kappa shape index (κ3) is 3.93. The fraction of sp³-hybridized carbons (Fsp3) is 0.533. The SMILES string of the molecule is CC(C)NC(=O)c1ccc(=O)n(CC(=O)N2CCCC2)c1. The summed E-state index contributed by atoms with van der Waals surface area (Å²) in [6.07, 6.45) is 3.48. The zero-order valence-electron chi connectivity index (χ0n) is 12.5. The van der Waals surface area contributed by atoms with Crippen molar-refractivity contribution in [3.63, 3.8) is 0 Å². The van der Waals surface area contributed by atoms with Crippen molar-refractivity contribution in [1.82, 2.24) is 14.8 Å². The molecule has 1 aliphatic heterocycles. The third-order valence-electron chi connectivity index (χ3n) is 3.43. The maximum atomic E-state index is 12.1. The highest BCUT2D eigenvalue weighted by atomic mass is 16.2. The van der Waals surface area contributed by atoms with Crippen molar-refractivity contribution in [2.24, 2.45) is 0 Å². The van der Waals surface area contributed by atoms with Crippen LogP contribution in [-0.2, 0) is 11.3 Å². The lowest BCUT2D eigenvalue weighted by molar-refractivity contribution is -0.130. The second kappa shape index (κ2) is 6.56. The summed E-state index contributed by atoms with van der Waals surface area (Å²) in [5.74, 6) is -0.316. The molecule has 1 fully saturated rings.